The van der Waals surface area contributed by atoms with Crippen molar-refractivity contribution in [3.05, 3.63) is 76.0 Å². The van der Waals surface area contributed by atoms with Crippen molar-refractivity contribution in [3.63, 3.8) is 0 Å². The van der Waals surface area contributed by atoms with Crippen molar-refractivity contribution < 1.29 is 4.79 Å². The molecule has 9 heteroatoms. The second kappa shape index (κ2) is 9.21. The van der Waals surface area contributed by atoms with Crippen LogP contribution in [-0.4, -0.2) is 25.7 Å². The fourth-order valence-corrected chi connectivity index (χ4v) is 5.28. The number of carbonyl (C=O) groups is 1. The molecule has 158 valence electrons. The molecule has 0 bridgehead atoms. The Morgan fingerprint density at radius 1 is 1.23 bits per heavy atom. The van der Waals surface area contributed by atoms with E-state index in [0.29, 0.717) is 26.8 Å². The lowest BCUT2D eigenvalue weighted by molar-refractivity contribution is -0.115. The number of carbonyl (C=O) groups excluding carboxylic acids is 1. The summed E-state index contributed by atoms with van der Waals surface area (Å²) in [5.74, 6) is 0.465. The molecule has 0 unspecified atom stereocenters. The van der Waals surface area contributed by atoms with Gasteiger partial charge in [0.1, 0.15) is 6.33 Å². The Kier molecular flexibility index (Phi) is 6.41. The number of thiazole rings is 1. The highest BCUT2D eigenvalue weighted by atomic mass is 35.5. The smallest absolute Gasteiger partial charge is 0.230 e. The Morgan fingerprint density at radius 3 is 2.71 bits per heavy atom. The summed E-state index contributed by atoms with van der Waals surface area (Å²) in [5, 5.41) is 8.25. The van der Waals surface area contributed by atoms with Crippen molar-refractivity contribution in [2.45, 2.75) is 31.7 Å². The zero-order chi connectivity index (χ0) is 22.0. The number of benzene rings is 2. The maximum atomic E-state index is 12.5. The van der Waals surface area contributed by atoms with Crippen LogP contribution in [0.4, 0.5) is 10.8 Å². The van der Waals surface area contributed by atoms with Crippen LogP contribution in [0.3, 0.4) is 0 Å². The number of anilines is 2. The standard InChI is InChI=1S/C22H20ClN5OS2/c1-14-9-15(2)20(19(23)10-14)28(16(3)29)22-25-17(12-31-22)11-30-21-24-13-27(26-21)18-7-5-4-6-8-18/h4-10,12-13H,11H2,1-3H3. The summed E-state index contributed by atoms with van der Waals surface area (Å²) in [6.45, 7) is 5.45. The van der Waals surface area contributed by atoms with Crippen molar-refractivity contribution >= 4 is 51.4 Å². The minimum absolute atomic E-state index is 0.134. The van der Waals surface area contributed by atoms with E-state index in [2.05, 4.69) is 15.1 Å². The first kappa shape index (κ1) is 21.5. The van der Waals surface area contributed by atoms with Gasteiger partial charge in [-0.2, -0.15) is 0 Å². The maximum Gasteiger partial charge on any atom is 0.230 e. The lowest BCUT2D eigenvalue weighted by Gasteiger charge is -2.22. The van der Waals surface area contributed by atoms with Gasteiger partial charge in [0.25, 0.3) is 0 Å². The number of thioether (sulfide) groups is 1. The summed E-state index contributed by atoms with van der Waals surface area (Å²) in [5.41, 5.74) is 4.47. The van der Waals surface area contributed by atoms with E-state index in [4.69, 9.17) is 11.6 Å². The average molecular weight is 470 g/mol. The number of hydrogen-bond donors (Lipinski definition) is 0. The van der Waals surface area contributed by atoms with Gasteiger partial charge in [-0.25, -0.2) is 14.6 Å². The second-order valence-electron chi connectivity index (χ2n) is 6.98. The quantitative estimate of drug-likeness (QED) is 0.325. The molecule has 2 aromatic carbocycles. The molecule has 0 aliphatic carbocycles. The molecule has 31 heavy (non-hydrogen) atoms. The number of aromatic nitrogens is 4. The van der Waals surface area contributed by atoms with E-state index in [9.17, 15) is 4.79 Å². The molecule has 0 radical (unpaired) electrons. The first-order valence-corrected chi connectivity index (χ1v) is 11.8. The lowest BCUT2D eigenvalue weighted by atomic mass is 10.1. The summed E-state index contributed by atoms with van der Waals surface area (Å²) in [6.07, 6.45) is 1.70. The zero-order valence-corrected chi connectivity index (χ0v) is 19.6. The van der Waals surface area contributed by atoms with E-state index < -0.39 is 0 Å². The molecule has 0 atom stereocenters. The SMILES string of the molecule is CC(=O)N(c1nc(CSc2ncn(-c3ccccc3)n2)cs1)c1c(C)cc(C)cc1Cl. The van der Waals surface area contributed by atoms with Crippen LogP contribution >= 0.6 is 34.7 Å². The number of nitrogens with zero attached hydrogens (tertiary/aromatic N) is 5. The van der Waals surface area contributed by atoms with Gasteiger partial charge in [-0.15, -0.1) is 16.4 Å². The summed E-state index contributed by atoms with van der Waals surface area (Å²) in [7, 11) is 0. The number of halogens is 1. The fraction of sp³-hybridized carbons (Fsp3) is 0.182. The van der Waals surface area contributed by atoms with Gasteiger partial charge in [-0.05, 0) is 43.2 Å². The first-order valence-electron chi connectivity index (χ1n) is 9.54. The molecule has 0 N–H and O–H groups in total. The van der Waals surface area contributed by atoms with Crippen LogP contribution in [-0.2, 0) is 10.5 Å². The molecule has 4 aromatic rings. The highest BCUT2D eigenvalue weighted by Crippen LogP contribution is 2.37. The van der Waals surface area contributed by atoms with Crippen molar-refractivity contribution in [1.82, 2.24) is 19.7 Å². The normalized spacial score (nSPS) is 11.0. The third-order valence-corrected chi connectivity index (χ3v) is 6.56. The van der Waals surface area contributed by atoms with Gasteiger partial charge < -0.3 is 0 Å². The Hall–Kier alpha value is -2.68. The minimum atomic E-state index is -0.134. The van der Waals surface area contributed by atoms with Crippen LogP contribution in [0.25, 0.3) is 5.69 Å². The van der Waals surface area contributed by atoms with Crippen LogP contribution in [0, 0.1) is 13.8 Å². The van der Waals surface area contributed by atoms with Gasteiger partial charge in [0.2, 0.25) is 11.1 Å². The molecule has 0 aliphatic heterocycles. The largest absolute Gasteiger partial charge is 0.274 e. The number of para-hydroxylation sites is 1. The van der Waals surface area contributed by atoms with E-state index in [1.54, 1.807) is 15.9 Å². The molecule has 0 saturated carbocycles. The van der Waals surface area contributed by atoms with E-state index in [0.717, 1.165) is 22.5 Å². The number of aryl methyl sites for hydroxylation is 2. The summed E-state index contributed by atoms with van der Waals surface area (Å²) < 4.78 is 1.74. The third-order valence-electron chi connectivity index (χ3n) is 4.51. The molecule has 6 nitrogen and oxygen atoms in total. The average Bonchev–Trinajstić information content (AvgIpc) is 3.39. The lowest BCUT2D eigenvalue weighted by Crippen LogP contribution is -2.24. The molecule has 0 spiro atoms. The molecule has 0 fully saturated rings. The van der Waals surface area contributed by atoms with E-state index in [1.807, 2.05) is 61.7 Å². The van der Waals surface area contributed by atoms with Gasteiger partial charge >= 0.3 is 0 Å². The number of hydrogen-bond acceptors (Lipinski definition) is 6. The summed E-state index contributed by atoms with van der Waals surface area (Å²) >= 11 is 9.40. The topological polar surface area (TPSA) is 63.9 Å². The van der Waals surface area contributed by atoms with Gasteiger partial charge in [0.15, 0.2) is 5.13 Å². The van der Waals surface area contributed by atoms with Gasteiger partial charge in [0, 0.05) is 18.1 Å². The van der Waals surface area contributed by atoms with Crippen molar-refractivity contribution in [1.29, 1.82) is 0 Å². The van der Waals surface area contributed by atoms with Crippen molar-refractivity contribution in [2.75, 3.05) is 4.90 Å². The predicted molar refractivity (Wildman–Crippen MR) is 127 cm³/mol. The Bertz CT molecular complexity index is 1200. The third kappa shape index (κ3) is 4.81. The fourth-order valence-electron chi connectivity index (χ4n) is 3.20. The molecule has 0 aliphatic rings. The molecule has 2 aromatic heterocycles. The van der Waals surface area contributed by atoms with Gasteiger partial charge in [0.05, 0.1) is 22.1 Å². The second-order valence-corrected chi connectivity index (χ2v) is 9.17. The van der Waals surface area contributed by atoms with Crippen LogP contribution in [0.15, 0.2) is 59.3 Å². The predicted octanol–water partition coefficient (Wildman–Crippen LogP) is 5.97. The maximum absolute atomic E-state index is 12.5. The van der Waals surface area contributed by atoms with Crippen LogP contribution in [0.1, 0.15) is 23.7 Å². The molecule has 4 rings (SSSR count). The molecular weight excluding hydrogens is 450 g/mol. The van der Waals surface area contributed by atoms with Gasteiger partial charge in [-0.3, -0.25) is 9.69 Å². The molecular formula is C22H20ClN5OS2. The van der Waals surface area contributed by atoms with E-state index in [1.165, 1.54) is 30.0 Å². The molecule has 2 heterocycles. The number of rotatable bonds is 6. The molecule has 1 amide bonds. The summed E-state index contributed by atoms with van der Waals surface area (Å²) in [4.78, 5) is 23.1. The Balaban J connectivity index is 1.51. The van der Waals surface area contributed by atoms with Gasteiger partial charge in [-0.1, -0.05) is 47.6 Å². The monoisotopic (exact) mass is 469 g/mol. The summed E-state index contributed by atoms with van der Waals surface area (Å²) in [6, 6.07) is 13.7. The van der Waals surface area contributed by atoms with Crippen molar-refractivity contribution in [2.24, 2.45) is 0 Å². The highest BCUT2D eigenvalue weighted by Gasteiger charge is 2.22. The highest BCUT2D eigenvalue weighted by molar-refractivity contribution is 7.98. The number of amides is 1. The minimum Gasteiger partial charge on any atom is -0.274 e. The molecule has 0 saturated heterocycles. The zero-order valence-electron chi connectivity index (χ0n) is 17.2. The van der Waals surface area contributed by atoms with E-state index in [-0.39, 0.29) is 5.91 Å². The van der Waals surface area contributed by atoms with Crippen LogP contribution in [0.2, 0.25) is 5.02 Å². The van der Waals surface area contributed by atoms with Crippen molar-refractivity contribution in [3.8, 4) is 5.69 Å². The first-order chi connectivity index (χ1) is 14.9. The van der Waals surface area contributed by atoms with Crippen LogP contribution < -0.4 is 4.90 Å². The Morgan fingerprint density at radius 2 is 2.00 bits per heavy atom. The van der Waals surface area contributed by atoms with E-state index >= 15 is 0 Å². The Labute approximate surface area is 193 Å². The van der Waals surface area contributed by atoms with Crippen LogP contribution in [0.5, 0.6) is 0 Å².